The van der Waals surface area contributed by atoms with Crippen LogP contribution in [-0.2, 0) is 17.6 Å². The van der Waals surface area contributed by atoms with E-state index in [0.717, 1.165) is 50.6 Å². The van der Waals surface area contributed by atoms with Crippen LogP contribution in [0.2, 0.25) is 0 Å². The third kappa shape index (κ3) is 2.63. The number of nitrogens with zero attached hydrogens (tertiary/aromatic N) is 1. The third-order valence-corrected chi connectivity index (χ3v) is 4.67. The quantitative estimate of drug-likeness (QED) is 0.661. The lowest BCUT2D eigenvalue weighted by Crippen LogP contribution is -2.43. The van der Waals surface area contributed by atoms with Gasteiger partial charge in [-0.2, -0.15) is 0 Å². The summed E-state index contributed by atoms with van der Waals surface area (Å²) in [5.41, 5.74) is 9.80. The van der Waals surface area contributed by atoms with Gasteiger partial charge in [0.1, 0.15) is 5.75 Å². The minimum absolute atomic E-state index is 0.664. The predicted octanol–water partition coefficient (Wildman–Crippen LogP) is 1.86. The van der Waals surface area contributed by atoms with E-state index in [2.05, 4.69) is 11.0 Å². The Kier molecular flexibility index (Phi) is 4.13. The van der Waals surface area contributed by atoms with E-state index < -0.39 is 0 Å². The van der Waals surface area contributed by atoms with Crippen LogP contribution < -0.4 is 10.5 Å². The molecule has 1 aliphatic carbocycles. The molecule has 0 radical (unpaired) electrons. The SMILES string of the molecule is COc1ccc2c(c1N)CCC(N1CCOCC1)CC2. The van der Waals surface area contributed by atoms with Crippen molar-refractivity contribution in [1.29, 1.82) is 0 Å². The minimum atomic E-state index is 0.664. The highest BCUT2D eigenvalue weighted by Gasteiger charge is 2.25. The molecule has 0 spiro atoms. The number of morpholine rings is 1. The number of hydrogen-bond donors (Lipinski definition) is 1. The molecule has 0 amide bonds. The number of methoxy groups -OCH3 is 1. The van der Waals surface area contributed by atoms with Gasteiger partial charge < -0.3 is 15.2 Å². The summed E-state index contributed by atoms with van der Waals surface area (Å²) in [4.78, 5) is 2.59. The number of aryl methyl sites for hydroxylation is 1. The van der Waals surface area contributed by atoms with Crippen LogP contribution in [0.5, 0.6) is 5.75 Å². The minimum Gasteiger partial charge on any atom is -0.495 e. The summed E-state index contributed by atoms with van der Waals surface area (Å²) in [5, 5.41) is 0. The van der Waals surface area contributed by atoms with E-state index in [0.29, 0.717) is 6.04 Å². The lowest BCUT2D eigenvalue weighted by molar-refractivity contribution is 0.0136. The van der Waals surface area contributed by atoms with E-state index in [1.165, 1.54) is 24.0 Å². The summed E-state index contributed by atoms with van der Waals surface area (Å²) in [7, 11) is 1.69. The molecule has 2 N–H and O–H groups in total. The van der Waals surface area contributed by atoms with Crippen molar-refractivity contribution in [2.75, 3.05) is 39.1 Å². The van der Waals surface area contributed by atoms with Gasteiger partial charge in [-0.25, -0.2) is 0 Å². The molecule has 1 atom stereocenters. The summed E-state index contributed by atoms with van der Waals surface area (Å²) in [6.45, 7) is 3.89. The van der Waals surface area contributed by atoms with Gasteiger partial charge in [0.25, 0.3) is 0 Å². The largest absolute Gasteiger partial charge is 0.495 e. The fourth-order valence-electron chi connectivity index (χ4n) is 3.48. The van der Waals surface area contributed by atoms with Crippen molar-refractivity contribution in [3.8, 4) is 5.75 Å². The molecule has 110 valence electrons. The Morgan fingerprint density at radius 1 is 1.20 bits per heavy atom. The second-order valence-corrected chi connectivity index (χ2v) is 5.70. The molecule has 1 aliphatic heterocycles. The number of rotatable bonds is 2. The van der Waals surface area contributed by atoms with Crippen LogP contribution in [-0.4, -0.2) is 44.4 Å². The molecule has 1 saturated heterocycles. The van der Waals surface area contributed by atoms with Gasteiger partial charge in [0.15, 0.2) is 0 Å². The maximum atomic E-state index is 6.25. The van der Waals surface area contributed by atoms with Gasteiger partial charge >= 0.3 is 0 Å². The number of anilines is 1. The van der Waals surface area contributed by atoms with Crippen LogP contribution in [0.3, 0.4) is 0 Å². The van der Waals surface area contributed by atoms with Gasteiger partial charge in [0.2, 0.25) is 0 Å². The van der Waals surface area contributed by atoms with E-state index in [1.54, 1.807) is 7.11 Å². The monoisotopic (exact) mass is 276 g/mol. The first kappa shape index (κ1) is 13.7. The van der Waals surface area contributed by atoms with Crippen LogP contribution in [0, 0.1) is 0 Å². The molecule has 1 aromatic carbocycles. The number of ether oxygens (including phenoxy) is 2. The van der Waals surface area contributed by atoms with Crippen molar-refractivity contribution in [3.63, 3.8) is 0 Å². The molecule has 1 aromatic rings. The molecule has 4 nitrogen and oxygen atoms in total. The molecule has 20 heavy (non-hydrogen) atoms. The summed E-state index contributed by atoms with van der Waals surface area (Å²) in [5.74, 6) is 0.813. The van der Waals surface area contributed by atoms with Crippen LogP contribution >= 0.6 is 0 Å². The van der Waals surface area contributed by atoms with Crippen LogP contribution in [0.25, 0.3) is 0 Å². The summed E-state index contributed by atoms with van der Waals surface area (Å²) in [6, 6.07) is 4.85. The van der Waals surface area contributed by atoms with E-state index in [1.807, 2.05) is 6.07 Å². The molecule has 0 saturated carbocycles. The Hall–Kier alpha value is -1.26. The number of benzene rings is 1. The Balaban J connectivity index is 1.76. The van der Waals surface area contributed by atoms with Crippen LogP contribution in [0.4, 0.5) is 5.69 Å². The first-order valence-electron chi connectivity index (χ1n) is 7.55. The Morgan fingerprint density at radius 3 is 2.70 bits per heavy atom. The lowest BCUT2D eigenvalue weighted by Gasteiger charge is -2.33. The Bertz CT molecular complexity index is 470. The van der Waals surface area contributed by atoms with Gasteiger partial charge in [-0.1, -0.05) is 6.07 Å². The predicted molar refractivity (Wildman–Crippen MR) is 80.2 cm³/mol. The number of nitrogens with two attached hydrogens (primary N) is 1. The molecular weight excluding hydrogens is 252 g/mol. The first-order valence-corrected chi connectivity index (χ1v) is 7.55. The zero-order valence-electron chi connectivity index (χ0n) is 12.2. The number of hydrogen-bond acceptors (Lipinski definition) is 4. The first-order chi connectivity index (χ1) is 9.79. The topological polar surface area (TPSA) is 47.7 Å². The van der Waals surface area contributed by atoms with E-state index >= 15 is 0 Å². The molecule has 4 heteroatoms. The molecule has 0 aromatic heterocycles. The maximum absolute atomic E-state index is 6.25. The zero-order chi connectivity index (χ0) is 13.9. The Morgan fingerprint density at radius 2 is 1.95 bits per heavy atom. The van der Waals surface area contributed by atoms with E-state index in [9.17, 15) is 0 Å². The van der Waals surface area contributed by atoms with Crippen molar-refractivity contribution < 1.29 is 9.47 Å². The molecule has 3 rings (SSSR count). The molecule has 1 heterocycles. The second-order valence-electron chi connectivity index (χ2n) is 5.70. The van der Waals surface area contributed by atoms with Gasteiger partial charge in [0, 0.05) is 19.1 Å². The number of nitrogen functional groups attached to an aromatic ring is 1. The molecule has 2 aliphatic rings. The fourth-order valence-corrected chi connectivity index (χ4v) is 3.48. The maximum Gasteiger partial charge on any atom is 0.142 e. The smallest absolute Gasteiger partial charge is 0.142 e. The van der Waals surface area contributed by atoms with Crippen molar-refractivity contribution in [1.82, 2.24) is 4.90 Å². The van der Waals surface area contributed by atoms with Crippen molar-refractivity contribution in [3.05, 3.63) is 23.3 Å². The molecular formula is C16H24N2O2. The van der Waals surface area contributed by atoms with Gasteiger partial charge in [-0.15, -0.1) is 0 Å². The molecule has 1 fully saturated rings. The molecule has 1 unspecified atom stereocenters. The standard InChI is InChI=1S/C16H24N2O2/c1-19-15-7-3-12-2-4-13(5-6-14(12)16(15)17)18-8-10-20-11-9-18/h3,7,13H,2,4-6,8-11,17H2,1H3. The van der Waals surface area contributed by atoms with Gasteiger partial charge in [-0.05, 0) is 42.9 Å². The summed E-state index contributed by atoms with van der Waals surface area (Å²) < 4.78 is 10.8. The normalized spacial score (nSPS) is 23.9. The zero-order valence-corrected chi connectivity index (χ0v) is 12.2. The third-order valence-electron chi connectivity index (χ3n) is 4.67. The van der Waals surface area contributed by atoms with Crippen molar-refractivity contribution in [2.45, 2.75) is 31.7 Å². The number of fused-ring (bicyclic) bond motifs is 1. The average molecular weight is 276 g/mol. The van der Waals surface area contributed by atoms with Crippen molar-refractivity contribution in [2.24, 2.45) is 0 Å². The fraction of sp³-hybridized carbons (Fsp3) is 0.625. The van der Waals surface area contributed by atoms with Gasteiger partial charge in [0.05, 0.1) is 26.0 Å². The Labute approximate surface area is 120 Å². The summed E-state index contributed by atoms with van der Waals surface area (Å²) in [6.07, 6.45) is 4.58. The van der Waals surface area contributed by atoms with Crippen LogP contribution in [0.15, 0.2) is 12.1 Å². The highest BCUT2D eigenvalue weighted by Crippen LogP contribution is 2.33. The molecule has 0 bridgehead atoms. The second kappa shape index (κ2) is 6.02. The van der Waals surface area contributed by atoms with Crippen LogP contribution in [0.1, 0.15) is 24.0 Å². The van der Waals surface area contributed by atoms with Gasteiger partial charge in [-0.3, -0.25) is 4.90 Å². The highest BCUT2D eigenvalue weighted by atomic mass is 16.5. The average Bonchev–Trinajstić information content (AvgIpc) is 2.72. The van der Waals surface area contributed by atoms with Crippen molar-refractivity contribution >= 4 is 5.69 Å². The highest BCUT2D eigenvalue weighted by molar-refractivity contribution is 5.61. The lowest BCUT2D eigenvalue weighted by atomic mass is 10.0. The van der Waals surface area contributed by atoms with E-state index in [4.69, 9.17) is 15.2 Å². The van der Waals surface area contributed by atoms with E-state index in [-0.39, 0.29) is 0 Å². The summed E-state index contributed by atoms with van der Waals surface area (Å²) >= 11 is 0.